The van der Waals surface area contributed by atoms with Crippen molar-refractivity contribution in [2.24, 2.45) is 0 Å². The average Bonchev–Trinajstić information content (AvgIpc) is 2.25. The molecule has 0 amide bonds. The van der Waals surface area contributed by atoms with Crippen molar-refractivity contribution in [3.8, 4) is 0 Å². The molecule has 0 aromatic heterocycles. The lowest BCUT2D eigenvalue weighted by molar-refractivity contribution is 0.451. The van der Waals surface area contributed by atoms with Crippen molar-refractivity contribution in [1.82, 2.24) is 5.32 Å². The second-order valence-corrected chi connectivity index (χ2v) is 6.36. The number of hydrogen-bond donors (Lipinski definition) is 1. The molecule has 1 N–H and O–H groups in total. The maximum Gasteiger partial charge on any atom is 0.154 e. The zero-order valence-corrected chi connectivity index (χ0v) is 9.94. The van der Waals surface area contributed by atoms with Crippen LogP contribution in [-0.2, 0) is 9.84 Å². The van der Waals surface area contributed by atoms with Gasteiger partial charge in [-0.1, -0.05) is 20.3 Å². The second kappa shape index (κ2) is 5.12. The van der Waals surface area contributed by atoms with Crippen LogP contribution in [0.2, 0.25) is 0 Å². The Hall–Kier alpha value is -0.0900. The molecule has 2 atom stereocenters. The molecule has 1 rings (SSSR count). The molecular formula is C10H21NO2S. The van der Waals surface area contributed by atoms with E-state index in [1.165, 1.54) is 0 Å². The van der Waals surface area contributed by atoms with Gasteiger partial charge in [-0.2, -0.15) is 0 Å². The standard InChI is InChI=1S/C10H21NO2S/c1-3-6-9-10(4-2)14(12,13)8-5-7-11-9/h9-11H,3-8H2,1-2H3. The van der Waals surface area contributed by atoms with Gasteiger partial charge >= 0.3 is 0 Å². The molecule has 1 aliphatic heterocycles. The van der Waals surface area contributed by atoms with Crippen LogP contribution < -0.4 is 5.32 Å². The first-order chi connectivity index (χ1) is 6.61. The third-order valence-corrected chi connectivity index (χ3v) is 5.37. The third-order valence-electron chi connectivity index (χ3n) is 2.92. The fourth-order valence-corrected chi connectivity index (χ4v) is 4.32. The van der Waals surface area contributed by atoms with E-state index in [-0.39, 0.29) is 11.3 Å². The molecule has 0 aromatic rings. The summed E-state index contributed by atoms with van der Waals surface area (Å²) in [4.78, 5) is 0. The van der Waals surface area contributed by atoms with Gasteiger partial charge in [0, 0.05) is 6.04 Å². The van der Waals surface area contributed by atoms with Gasteiger partial charge in [0.15, 0.2) is 9.84 Å². The van der Waals surface area contributed by atoms with E-state index in [4.69, 9.17) is 0 Å². The summed E-state index contributed by atoms with van der Waals surface area (Å²) < 4.78 is 23.8. The zero-order valence-electron chi connectivity index (χ0n) is 9.12. The van der Waals surface area contributed by atoms with E-state index in [2.05, 4.69) is 12.2 Å². The predicted molar refractivity (Wildman–Crippen MR) is 59.2 cm³/mol. The normalized spacial score (nSPS) is 32.4. The topological polar surface area (TPSA) is 46.2 Å². The fourth-order valence-electron chi connectivity index (χ4n) is 2.23. The highest BCUT2D eigenvalue weighted by molar-refractivity contribution is 7.92. The van der Waals surface area contributed by atoms with Crippen molar-refractivity contribution in [3.63, 3.8) is 0 Å². The number of hydrogen-bond acceptors (Lipinski definition) is 3. The maximum absolute atomic E-state index is 11.9. The van der Waals surface area contributed by atoms with E-state index in [1.54, 1.807) is 0 Å². The van der Waals surface area contributed by atoms with Crippen LogP contribution in [0.1, 0.15) is 39.5 Å². The van der Waals surface area contributed by atoms with Gasteiger partial charge in [-0.25, -0.2) is 8.42 Å². The molecule has 84 valence electrons. The molecule has 2 unspecified atom stereocenters. The average molecular weight is 219 g/mol. The van der Waals surface area contributed by atoms with E-state index in [0.29, 0.717) is 5.75 Å². The molecule has 1 fully saturated rings. The second-order valence-electron chi connectivity index (χ2n) is 4.02. The van der Waals surface area contributed by atoms with Gasteiger partial charge < -0.3 is 5.32 Å². The lowest BCUT2D eigenvalue weighted by atomic mass is 10.1. The number of sulfone groups is 1. The van der Waals surface area contributed by atoms with Gasteiger partial charge in [0.1, 0.15) is 0 Å². The van der Waals surface area contributed by atoms with Crippen molar-refractivity contribution >= 4 is 9.84 Å². The Morgan fingerprint density at radius 1 is 1.36 bits per heavy atom. The molecule has 0 aromatic carbocycles. The van der Waals surface area contributed by atoms with Gasteiger partial charge in [-0.05, 0) is 25.8 Å². The van der Waals surface area contributed by atoms with Gasteiger partial charge in [0.25, 0.3) is 0 Å². The molecule has 4 heteroatoms. The Morgan fingerprint density at radius 3 is 2.64 bits per heavy atom. The molecule has 0 saturated carbocycles. The first-order valence-electron chi connectivity index (χ1n) is 5.56. The van der Waals surface area contributed by atoms with Crippen molar-refractivity contribution in [2.75, 3.05) is 12.3 Å². The van der Waals surface area contributed by atoms with Crippen molar-refractivity contribution in [1.29, 1.82) is 0 Å². The quantitative estimate of drug-likeness (QED) is 0.779. The van der Waals surface area contributed by atoms with Crippen LogP contribution in [-0.4, -0.2) is 32.0 Å². The highest BCUT2D eigenvalue weighted by Gasteiger charge is 2.32. The molecule has 3 nitrogen and oxygen atoms in total. The van der Waals surface area contributed by atoms with Crippen LogP contribution in [0.3, 0.4) is 0 Å². The summed E-state index contributed by atoms with van der Waals surface area (Å²) in [7, 11) is -2.84. The molecule has 0 aliphatic carbocycles. The van der Waals surface area contributed by atoms with Crippen LogP contribution in [0.25, 0.3) is 0 Å². The Balaban J connectivity index is 2.81. The van der Waals surface area contributed by atoms with Crippen LogP contribution in [0.5, 0.6) is 0 Å². The minimum absolute atomic E-state index is 0.162. The third kappa shape index (κ3) is 2.70. The summed E-state index contributed by atoms with van der Waals surface area (Å²) in [6.07, 6.45) is 3.51. The number of nitrogens with one attached hydrogen (secondary N) is 1. The molecule has 1 aliphatic rings. The Labute approximate surface area is 87.2 Å². The van der Waals surface area contributed by atoms with E-state index < -0.39 is 9.84 Å². The van der Waals surface area contributed by atoms with Crippen LogP contribution in [0.4, 0.5) is 0 Å². The molecule has 1 saturated heterocycles. The van der Waals surface area contributed by atoms with Gasteiger partial charge in [0.2, 0.25) is 0 Å². The minimum Gasteiger partial charge on any atom is -0.313 e. The summed E-state index contributed by atoms with van der Waals surface area (Å²) >= 11 is 0. The molecule has 14 heavy (non-hydrogen) atoms. The Kier molecular flexibility index (Phi) is 4.38. The van der Waals surface area contributed by atoms with Gasteiger partial charge in [0.05, 0.1) is 11.0 Å². The van der Waals surface area contributed by atoms with E-state index >= 15 is 0 Å². The van der Waals surface area contributed by atoms with Crippen LogP contribution in [0.15, 0.2) is 0 Å². The lowest BCUT2D eigenvalue weighted by Gasteiger charge is -2.23. The Morgan fingerprint density at radius 2 is 2.07 bits per heavy atom. The van der Waals surface area contributed by atoms with Gasteiger partial charge in [-0.15, -0.1) is 0 Å². The molecular weight excluding hydrogens is 198 g/mol. The first-order valence-corrected chi connectivity index (χ1v) is 7.28. The molecule has 1 heterocycles. The summed E-state index contributed by atoms with van der Waals surface area (Å²) in [6, 6.07) is 0.178. The lowest BCUT2D eigenvalue weighted by Crippen LogP contribution is -2.41. The van der Waals surface area contributed by atoms with E-state index in [0.717, 1.165) is 32.2 Å². The summed E-state index contributed by atoms with van der Waals surface area (Å²) in [6.45, 7) is 4.92. The van der Waals surface area contributed by atoms with Crippen molar-refractivity contribution < 1.29 is 8.42 Å². The SMILES string of the molecule is CCCC1NCCCS(=O)(=O)C1CC. The van der Waals surface area contributed by atoms with Crippen molar-refractivity contribution in [3.05, 3.63) is 0 Å². The minimum atomic E-state index is -2.84. The Bertz CT molecular complexity index is 261. The molecule has 0 bridgehead atoms. The highest BCUT2D eigenvalue weighted by Crippen LogP contribution is 2.19. The molecule has 0 spiro atoms. The maximum atomic E-state index is 11.9. The van der Waals surface area contributed by atoms with E-state index in [1.807, 2.05) is 6.92 Å². The predicted octanol–water partition coefficient (Wildman–Crippen LogP) is 1.34. The fraction of sp³-hybridized carbons (Fsp3) is 1.00. The van der Waals surface area contributed by atoms with Crippen LogP contribution >= 0.6 is 0 Å². The largest absolute Gasteiger partial charge is 0.313 e. The summed E-state index contributed by atoms with van der Waals surface area (Å²) in [5.74, 6) is 0.360. The van der Waals surface area contributed by atoms with Crippen LogP contribution in [0, 0.1) is 0 Å². The highest BCUT2D eigenvalue weighted by atomic mass is 32.2. The summed E-state index contributed by atoms with van der Waals surface area (Å²) in [5.41, 5.74) is 0. The first kappa shape index (κ1) is 12.0. The van der Waals surface area contributed by atoms with E-state index in [9.17, 15) is 8.42 Å². The summed E-state index contributed by atoms with van der Waals surface area (Å²) in [5, 5.41) is 3.20. The smallest absolute Gasteiger partial charge is 0.154 e. The zero-order chi connectivity index (χ0) is 10.6. The molecule has 0 radical (unpaired) electrons. The number of rotatable bonds is 3. The van der Waals surface area contributed by atoms with Crippen molar-refractivity contribution in [2.45, 2.75) is 50.8 Å². The van der Waals surface area contributed by atoms with Gasteiger partial charge in [-0.3, -0.25) is 0 Å². The monoisotopic (exact) mass is 219 g/mol.